The maximum Gasteiger partial charge on any atom is 0.410 e. The van der Waals surface area contributed by atoms with Crippen molar-refractivity contribution in [3.8, 4) is 5.75 Å². The van der Waals surface area contributed by atoms with E-state index in [2.05, 4.69) is 5.32 Å². The molecule has 0 spiro atoms. The predicted molar refractivity (Wildman–Crippen MR) is 120 cm³/mol. The van der Waals surface area contributed by atoms with Gasteiger partial charge in [-0.25, -0.2) is 9.18 Å². The van der Waals surface area contributed by atoms with Crippen molar-refractivity contribution in [1.29, 1.82) is 0 Å². The van der Waals surface area contributed by atoms with Crippen LogP contribution in [-0.4, -0.2) is 60.7 Å². The van der Waals surface area contributed by atoms with Crippen LogP contribution in [0.25, 0.3) is 0 Å². The van der Waals surface area contributed by atoms with Gasteiger partial charge in [-0.1, -0.05) is 12.1 Å². The molecule has 1 unspecified atom stereocenters. The number of halogens is 1. The van der Waals surface area contributed by atoms with Crippen molar-refractivity contribution in [3.63, 3.8) is 0 Å². The Morgan fingerprint density at radius 3 is 2.09 bits per heavy atom. The van der Waals surface area contributed by atoms with Crippen molar-refractivity contribution in [2.45, 2.75) is 32.4 Å². The SMILES string of the molecule is COc1ccc(NC(=O)C(c2ccc(F)cc2)N2CCN(C(=O)OC(C)(C)C)CC2)cc1. The van der Waals surface area contributed by atoms with Gasteiger partial charge < -0.3 is 19.7 Å². The van der Waals surface area contributed by atoms with Gasteiger partial charge in [0.25, 0.3) is 0 Å². The van der Waals surface area contributed by atoms with Gasteiger partial charge in [-0.05, 0) is 62.7 Å². The molecule has 1 aliphatic heterocycles. The molecule has 3 rings (SSSR count). The summed E-state index contributed by atoms with van der Waals surface area (Å²) in [5.41, 5.74) is 0.752. The second-order valence-electron chi connectivity index (χ2n) is 8.68. The number of carbonyl (C=O) groups excluding carboxylic acids is 2. The summed E-state index contributed by atoms with van der Waals surface area (Å²) < 4.78 is 24.1. The number of rotatable bonds is 5. The highest BCUT2D eigenvalue weighted by Gasteiger charge is 2.33. The van der Waals surface area contributed by atoms with Crippen LogP contribution >= 0.6 is 0 Å². The average molecular weight is 444 g/mol. The molecule has 1 saturated heterocycles. The number of nitrogens with one attached hydrogen (secondary N) is 1. The first-order chi connectivity index (χ1) is 15.2. The van der Waals surface area contributed by atoms with E-state index in [9.17, 15) is 14.0 Å². The Hall–Kier alpha value is -3.13. The monoisotopic (exact) mass is 443 g/mol. The van der Waals surface area contributed by atoms with Crippen LogP contribution in [0.5, 0.6) is 5.75 Å². The van der Waals surface area contributed by atoms with E-state index in [0.717, 1.165) is 0 Å². The van der Waals surface area contributed by atoms with E-state index in [0.29, 0.717) is 43.2 Å². The summed E-state index contributed by atoms with van der Waals surface area (Å²) in [6, 6.07) is 12.4. The third-order valence-electron chi connectivity index (χ3n) is 5.12. The zero-order valence-electron chi connectivity index (χ0n) is 18.9. The molecule has 2 aromatic carbocycles. The summed E-state index contributed by atoms with van der Waals surface area (Å²) in [5, 5.41) is 2.93. The fraction of sp³-hybridized carbons (Fsp3) is 0.417. The molecule has 1 fully saturated rings. The number of hydrogen-bond donors (Lipinski definition) is 1. The van der Waals surface area contributed by atoms with Crippen LogP contribution in [0, 0.1) is 5.82 Å². The Bertz CT molecular complexity index is 918. The number of carbonyl (C=O) groups is 2. The van der Waals surface area contributed by atoms with Crippen molar-refractivity contribution < 1.29 is 23.5 Å². The molecule has 8 heteroatoms. The van der Waals surface area contributed by atoms with E-state index in [1.165, 1.54) is 12.1 Å². The molecule has 2 amide bonds. The quantitative estimate of drug-likeness (QED) is 0.755. The van der Waals surface area contributed by atoms with Crippen LogP contribution in [0.3, 0.4) is 0 Å². The van der Waals surface area contributed by atoms with Gasteiger partial charge >= 0.3 is 6.09 Å². The number of nitrogens with zero attached hydrogens (tertiary/aromatic N) is 2. The average Bonchev–Trinajstić information content (AvgIpc) is 2.75. The highest BCUT2D eigenvalue weighted by molar-refractivity contribution is 5.95. The molecule has 1 atom stereocenters. The largest absolute Gasteiger partial charge is 0.497 e. The predicted octanol–water partition coefficient (Wildman–Crippen LogP) is 4.07. The Labute approximate surface area is 188 Å². The molecule has 0 saturated carbocycles. The first-order valence-corrected chi connectivity index (χ1v) is 10.6. The Morgan fingerprint density at radius 2 is 1.56 bits per heavy atom. The molecule has 7 nitrogen and oxygen atoms in total. The maximum atomic E-state index is 13.5. The van der Waals surface area contributed by atoms with Crippen LogP contribution < -0.4 is 10.1 Å². The van der Waals surface area contributed by atoms with Crippen LogP contribution in [0.15, 0.2) is 48.5 Å². The number of piperazine rings is 1. The van der Waals surface area contributed by atoms with Gasteiger partial charge in [0.1, 0.15) is 23.2 Å². The fourth-order valence-electron chi connectivity index (χ4n) is 3.55. The van der Waals surface area contributed by atoms with Gasteiger partial charge in [-0.2, -0.15) is 0 Å². The standard InChI is InChI=1S/C24H30FN3O4/c1-24(2,3)32-23(30)28-15-13-27(14-16-28)21(17-5-7-18(25)8-6-17)22(29)26-19-9-11-20(31-4)12-10-19/h5-12,21H,13-16H2,1-4H3,(H,26,29). The third-order valence-corrected chi connectivity index (χ3v) is 5.12. The van der Waals surface area contributed by atoms with Gasteiger partial charge in [0.05, 0.1) is 7.11 Å². The summed E-state index contributed by atoms with van der Waals surface area (Å²) in [4.78, 5) is 29.3. The van der Waals surface area contributed by atoms with Crippen LogP contribution in [0.4, 0.5) is 14.9 Å². The summed E-state index contributed by atoms with van der Waals surface area (Å²) in [6.07, 6.45) is -0.363. The van der Waals surface area contributed by atoms with E-state index in [1.54, 1.807) is 48.4 Å². The van der Waals surface area contributed by atoms with Crippen LogP contribution in [0.1, 0.15) is 32.4 Å². The molecule has 2 aromatic rings. The van der Waals surface area contributed by atoms with E-state index in [1.807, 2.05) is 25.7 Å². The van der Waals surface area contributed by atoms with Gasteiger partial charge in [-0.15, -0.1) is 0 Å². The minimum absolute atomic E-state index is 0.229. The maximum absolute atomic E-state index is 13.5. The topological polar surface area (TPSA) is 71.1 Å². The number of benzene rings is 2. The minimum atomic E-state index is -0.626. The van der Waals surface area contributed by atoms with Crippen molar-refractivity contribution in [3.05, 3.63) is 59.9 Å². The lowest BCUT2D eigenvalue weighted by molar-refractivity contribution is -0.122. The molecule has 0 radical (unpaired) electrons. The van der Waals surface area contributed by atoms with Gasteiger partial charge in [0.15, 0.2) is 0 Å². The number of anilines is 1. The number of methoxy groups -OCH3 is 1. The summed E-state index contributed by atoms with van der Waals surface area (Å²) in [6.45, 7) is 7.32. The summed E-state index contributed by atoms with van der Waals surface area (Å²) >= 11 is 0. The van der Waals surface area contributed by atoms with E-state index < -0.39 is 11.6 Å². The number of amides is 2. The Balaban J connectivity index is 1.74. The Morgan fingerprint density at radius 1 is 0.969 bits per heavy atom. The van der Waals surface area contributed by atoms with Crippen molar-refractivity contribution in [2.24, 2.45) is 0 Å². The van der Waals surface area contributed by atoms with Gasteiger partial charge in [0, 0.05) is 31.9 Å². The van der Waals surface area contributed by atoms with E-state index >= 15 is 0 Å². The highest BCUT2D eigenvalue weighted by Crippen LogP contribution is 2.26. The zero-order chi connectivity index (χ0) is 23.3. The molecule has 0 aliphatic carbocycles. The molecule has 0 bridgehead atoms. The van der Waals surface area contributed by atoms with Gasteiger partial charge in [-0.3, -0.25) is 9.69 Å². The van der Waals surface area contributed by atoms with E-state index in [4.69, 9.17) is 9.47 Å². The van der Waals surface area contributed by atoms with Crippen molar-refractivity contribution >= 4 is 17.7 Å². The van der Waals surface area contributed by atoms with Crippen LogP contribution in [0.2, 0.25) is 0 Å². The zero-order valence-corrected chi connectivity index (χ0v) is 18.9. The molecule has 1 aliphatic rings. The van der Waals surface area contributed by atoms with Crippen molar-refractivity contribution in [2.75, 3.05) is 38.6 Å². The fourth-order valence-corrected chi connectivity index (χ4v) is 3.55. The van der Waals surface area contributed by atoms with E-state index in [-0.39, 0.29) is 17.8 Å². The second kappa shape index (κ2) is 9.99. The molecule has 172 valence electrons. The van der Waals surface area contributed by atoms with Gasteiger partial charge in [0.2, 0.25) is 5.91 Å². The third kappa shape index (κ3) is 6.20. The molecule has 1 N–H and O–H groups in total. The lowest BCUT2D eigenvalue weighted by atomic mass is 10.0. The highest BCUT2D eigenvalue weighted by atomic mass is 19.1. The lowest BCUT2D eigenvalue weighted by Gasteiger charge is -2.39. The lowest BCUT2D eigenvalue weighted by Crippen LogP contribution is -2.52. The summed E-state index contributed by atoms with van der Waals surface area (Å²) in [5.74, 6) is 0.0987. The number of ether oxygens (including phenoxy) is 2. The second-order valence-corrected chi connectivity index (χ2v) is 8.68. The molecule has 32 heavy (non-hydrogen) atoms. The minimum Gasteiger partial charge on any atom is -0.497 e. The normalized spacial score (nSPS) is 15.7. The number of hydrogen-bond acceptors (Lipinski definition) is 5. The summed E-state index contributed by atoms with van der Waals surface area (Å²) in [7, 11) is 1.58. The molecule has 1 heterocycles. The molecular formula is C24H30FN3O4. The van der Waals surface area contributed by atoms with Crippen LogP contribution in [-0.2, 0) is 9.53 Å². The Kier molecular flexibility index (Phi) is 7.35. The van der Waals surface area contributed by atoms with Crippen molar-refractivity contribution in [1.82, 2.24) is 9.80 Å². The first-order valence-electron chi connectivity index (χ1n) is 10.6. The molecule has 0 aromatic heterocycles. The smallest absolute Gasteiger partial charge is 0.410 e. The molecular weight excluding hydrogens is 413 g/mol. The first kappa shape index (κ1) is 23.5.